The first-order valence-corrected chi connectivity index (χ1v) is 9.99. The highest BCUT2D eigenvalue weighted by Gasteiger charge is 2.39. The number of rotatable bonds is 4. The monoisotopic (exact) mass is 405 g/mol. The van der Waals surface area contributed by atoms with Crippen LogP contribution in [-0.4, -0.2) is 34.6 Å². The van der Waals surface area contributed by atoms with Crippen molar-refractivity contribution in [1.82, 2.24) is 15.5 Å². The van der Waals surface area contributed by atoms with Crippen LogP contribution in [0.15, 0.2) is 42.5 Å². The van der Waals surface area contributed by atoms with Crippen molar-refractivity contribution in [2.24, 2.45) is 0 Å². The smallest absolute Gasteiger partial charge is 0.255 e. The summed E-state index contributed by atoms with van der Waals surface area (Å²) in [7, 11) is 0. The van der Waals surface area contributed by atoms with Crippen LogP contribution >= 0.6 is 0 Å². The topological polar surface area (TPSA) is 95.6 Å². The highest BCUT2D eigenvalue weighted by Crippen LogP contribution is 2.28. The van der Waals surface area contributed by atoms with Gasteiger partial charge in [0.15, 0.2) is 0 Å². The third-order valence-corrected chi connectivity index (χ3v) is 5.79. The van der Waals surface area contributed by atoms with Crippen molar-refractivity contribution in [1.29, 1.82) is 0 Å². The van der Waals surface area contributed by atoms with E-state index < -0.39 is 11.9 Å². The maximum Gasteiger partial charge on any atom is 0.255 e. The largest absolute Gasteiger partial charge is 0.346 e. The van der Waals surface area contributed by atoms with E-state index in [-0.39, 0.29) is 36.7 Å². The minimum absolute atomic E-state index is 0.159. The zero-order chi connectivity index (χ0) is 21.4. The Morgan fingerprint density at radius 2 is 1.93 bits per heavy atom. The summed E-state index contributed by atoms with van der Waals surface area (Å²) in [5.74, 6) is -1.24. The first-order chi connectivity index (χ1) is 14.3. The van der Waals surface area contributed by atoms with Gasteiger partial charge < -0.3 is 10.2 Å². The Labute approximate surface area is 174 Å². The van der Waals surface area contributed by atoms with Crippen LogP contribution in [0.25, 0.3) is 0 Å². The van der Waals surface area contributed by atoms with Gasteiger partial charge in [0.05, 0.1) is 6.04 Å². The van der Waals surface area contributed by atoms with Gasteiger partial charge in [-0.2, -0.15) is 0 Å². The van der Waals surface area contributed by atoms with E-state index in [0.29, 0.717) is 23.1 Å². The predicted molar refractivity (Wildman–Crippen MR) is 110 cm³/mol. The summed E-state index contributed by atoms with van der Waals surface area (Å²) in [6, 6.07) is 12.0. The molecule has 2 aliphatic rings. The van der Waals surface area contributed by atoms with Crippen molar-refractivity contribution >= 4 is 23.6 Å². The number of nitrogens with one attached hydrogen (secondary N) is 2. The number of fused-ring (bicyclic) bond motifs is 1. The maximum absolute atomic E-state index is 12.8. The molecule has 0 radical (unpaired) electrons. The second-order valence-corrected chi connectivity index (χ2v) is 7.82. The minimum atomic E-state index is -0.666. The first-order valence-electron chi connectivity index (χ1n) is 9.99. The molecule has 7 heteroatoms. The van der Waals surface area contributed by atoms with Crippen molar-refractivity contribution < 1.29 is 19.2 Å². The molecule has 1 saturated heterocycles. The molecule has 2 aliphatic heterocycles. The number of imide groups is 1. The molecule has 30 heavy (non-hydrogen) atoms. The third-order valence-electron chi connectivity index (χ3n) is 5.79. The Bertz CT molecular complexity index is 1060. The summed E-state index contributed by atoms with van der Waals surface area (Å²) in [5, 5.41) is 5.29. The molecule has 0 aliphatic carbocycles. The van der Waals surface area contributed by atoms with Crippen LogP contribution in [0.5, 0.6) is 0 Å². The summed E-state index contributed by atoms with van der Waals surface area (Å²) in [5.41, 5.74) is 3.81. The molecule has 4 rings (SSSR count). The quantitative estimate of drug-likeness (QED) is 0.763. The normalized spacial score (nSPS) is 19.3. The molecule has 2 N–H and O–H groups in total. The van der Waals surface area contributed by atoms with Crippen molar-refractivity contribution in [2.75, 3.05) is 0 Å². The zero-order valence-corrected chi connectivity index (χ0v) is 16.9. The summed E-state index contributed by atoms with van der Waals surface area (Å²) < 4.78 is 0. The molecule has 2 aromatic carbocycles. The van der Waals surface area contributed by atoms with Crippen LogP contribution in [0.3, 0.4) is 0 Å². The number of amides is 4. The van der Waals surface area contributed by atoms with Gasteiger partial charge in [-0.1, -0.05) is 24.3 Å². The van der Waals surface area contributed by atoms with E-state index in [9.17, 15) is 19.2 Å². The average Bonchev–Trinajstić information content (AvgIpc) is 3.04. The lowest BCUT2D eigenvalue weighted by Crippen LogP contribution is -2.52. The molecule has 0 bridgehead atoms. The number of benzene rings is 2. The fourth-order valence-electron chi connectivity index (χ4n) is 4.15. The second kappa shape index (κ2) is 7.74. The molecule has 2 heterocycles. The SMILES string of the molecule is Cc1ccccc1[C@@H](C)NC(=O)c1ccc2c(c1)CN(C1CCC(=O)NC1=O)C2=O. The van der Waals surface area contributed by atoms with E-state index in [1.54, 1.807) is 18.2 Å². The fourth-order valence-corrected chi connectivity index (χ4v) is 4.15. The Kier molecular flexibility index (Phi) is 5.11. The second-order valence-electron chi connectivity index (χ2n) is 7.82. The van der Waals surface area contributed by atoms with E-state index >= 15 is 0 Å². The van der Waals surface area contributed by atoms with Crippen LogP contribution in [0.1, 0.15) is 63.2 Å². The van der Waals surface area contributed by atoms with E-state index in [1.807, 2.05) is 38.1 Å². The summed E-state index contributed by atoms with van der Waals surface area (Å²) in [4.78, 5) is 50.6. The van der Waals surface area contributed by atoms with Gasteiger partial charge in [-0.3, -0.25) is 24.5 Å². The van der Waals surface area contributed by atoms with Gasteiger partial charge in [0.2, 0.25) is 11.8 Å². The van der Waals surface area contributed by atoms with Crippen LogP contribution in [-0.2, 0) is 16.1 Å². The molecular weight excluding hydrogens is 382 g/mol. The predicted octanol–water partition coefficient (Wildman–Crippen LogP) is 2.25. The lowest BCUT2D eigenvalue weighted by molar-refractivity contribution is -0.136. The van der Waals surface area contributed by atoms with Gasteiger partial charge in [-0.05, 0) is 55.2 Å². The van der Waals surface area contributed by atoms with Crippen LogP contribution in [0.2, 0.25) is 0 Å². The van der Waals surface area contributed by atoms with Crippen LogP contribution in [0.4, 0.5) is 0 Å². The van der Waals surface area contributed by atoms with Gasteiger partial charge in [0.1, 0.15) is 6.04 Å². The molecular formula is C23H23N3O4. The third kappa shape index (κ3) is 3.58. The minimum Gasteiger partial charge on any atom is -0.346 e. The number of hydrogen-bond acceptors (Lipinski definition) is 4. The van der Waals surface area contributed by atoms with Gasteiger partial charge in [0.25, 0.3) is 11.8 Å². The molecule has 0 aromatic heterocycles. The zero-order valence-electron chi connectivity index (χ0n) is 16.9. The van der Waals surface area contributed by atoms with E-state index in [1.165, 1.54) is 4.90 Å². The van der Waals surface area contributed by atoms with Crippen molar-refractivity contribution in [3.8, 4) is 0 Å². The molecule has 0 saturated carbocycles. The lowest BCUT2D eigenvalue weighted by Gasteiger charge is -2.29. The highest BCUT2D eigenvalue weighted by molar-refractivity contribution is 6.06. The number of piperidine rings is 1. The molecule has 2 aromatic rings. The lowest BCUT2D eigenvalue weighted by atomic mass is 10.0. The van der Waals surface area contributed by atoms with E-state index in [0.717, 1.165) is 11.1 Å². The van der Waals surface area contributed by atoms with Crippen molar-refractivity contribution in [3.05, 3.63) is 70.3 Å². The number of hydrogen-bond donors (Lipinski definition) is 2. The number of carbonyl (C=O) groups is 4. The number of carbonyl (C=O) groups excluding carboxylic acids is 4. The van der Waals surface area contributed by atoms with Crippen molar-refractivity contribution in [3.63, 3.8) is 0 Å². The van der Waals surface area contributed by atoms with E-state index in [2.05, 4.69) is 10.6 Å². The highest BCUT2D eigenvalue weighted by atomic mass is 16.2. The molecule has 0 spiro atoms. The van der Waals surface area contributed by atoms with E-state index in [4.69, 9.17) is 0 Å². The summed E-state index contributed by atoms with van der Waals surface area (Å²) in [6.07, 6.45) is 0.520. The Hall–Kier alpha value is -3.48. The fraction of sp³-hybridized carbons (Fsp3) is 0.304. The average molecular weight is 405 g/mol. The van der Waals surface area contributed by atoms with Crippen molar-refractivity contribution in [2.45, 2.75) is 45.3 Å². The standard InChI is InChI=1S/C23H23N3O4/c1-13-5-3-4-6-17(13)14(2)24-21(28)15-7-8-18-16(11-15)12-26(23(18)30)19-9-10-20(27)25-22(19)29/h3-8,11,14,19H,9-10,12H2,1-2H3,(H,24,28)(H,25,27,29)/t14-,19?/m1/s1. The molecule has 1 unspecified atom stereocenters. The van der Waals surface area contributed by atoms with Crippen LogP contribution < -0.4 is 10.6 Å². The molecule has 154 valence electrons. The maximum atomic E-state index is 12.8. The van der Waals surface area contributed by atoms with Gasteiger partial charge in [-0.25, -0.2) is 0 Å². The van der Waals surface area contributed by atoms with Gasteiger partial charge in [0, 0.05) is 24.1 Å². The van der Waals surface area contributed by atoms with Gasteiger partial charge in [-0.15, -0.1) is 0 Å². The Balaban J connectivity index is 1.50. The van der Waals surface area contributed by atoms with Crippen LogP contribution in [0, 0.1) is 6.92 Å². The molecule has 7 nitrogen and oxygen atoms in total. The first kappa shape index (κ1) is 19.8. The summed E-state index contributed by atoms with van der Waals surface area (Å²) >= 11 is 0. The Morgan fingerprint density at radius 1 is 1.17 bits per heavy atom. The number of aryl methyl sites for hydroxylation is 1. The number of nitrogens with zero attached hydrogens (tertiary/aromatic N) is 1. The molecule has 4 amide bonds. The molecule has 1 fully saturated rings. The summed E-state index contributed by atoms with van der Waals surface area (Å²) in [6.45, 7) is 4.18. The Morgan fingerprint density at radius 3 is 2.67 bits per heavy atom. The molecule has 2 atom stereocenters. The van der Waals surface area contributed by atoms with Gasteiger partial charge >= 0.3 is 0 Å².